The number of hydrogen-bond donors (Lipinski definition) is 2. The molecule has 9 aromatic carbocycles. The van der Waals surface area contributed by atoms with Gasteiger partial charge in [0.1, 0.15) is 59.1 Å². The fourth-order valence-electron chi connectivity index (χ4n) is 11.1. The van der Waals surface area contributed by atoms with E-state index in [-0.39, 0.29) is 110 Å². The van der Waals surface area contributed by atoms with Crippen molar-refractivity contribution in [1.29, 1.82) is 0 Å². The summed E-state index contributed by atoms with van der Waals surface area (Å²) in [5, 5.41) is 22.3. The molecule has 0 fully saturated rings. The number of rotatable bonds is 12. The van der Waals surface area contributed by atoms with Crippen LogP contribution in [0.3, 0.4) is 0 Å². The van der Waals surface area contributed by atoms with Gasteiger partial charge >= 0.3 is 11.9 Å². The minimum Gasteiger partial charge on any atom is -0.480 e. The number of aliphatic carboxylic acids is 2. The van der Waals surface area contributed by atoms with Crippen LogP contribution in [0.4, 0.5) is 0 Å². The van der Waals surface area contributed by atoms with E-state index in [1.54, 1.807) is 48.5 Å². The maximum Gasteiger partial charge on any atom is 0.323 e. The highest BCUT2D eigenvalue weighted by Crippen LogP contribution is 2.58. The Bertz CT molecular complexity index is 3670. The lowest BCUT2D eigenvalue weighted by Crippen LogP contribution is -2.43. The predicted octanol–water partition coefficient (Wildman–Crippen LogP) is 15.5. The Hall–Kier alpha value is -9.30. The van der Waals surface area contributed by atoms with E-state index in [0.717, 1.165) is 22.3 Å². The van der Waals surface area contributed by atoms with E-state index in [4.69, 9.17) is 18.9 Å². The number of fused-ring (bicyclic) bond motifs is 2. The summed E-state index contributed by atoms with van der Waals surface area (Å²) in [6.07, 6.45) is 0. The molecule has 2 heterocycles. The van der Waals surface area contributed by atoms with Crippen LogP contribution in [0.1, 0.15) is 147 Å². The fraction of sp³-hybridized carbons (Fsp3) is 0.265. The first kappa shape index (κ1) is 54.6. The van der Waals surface area contributed by atoms with Gasteiger partial charge < -0.3 is 29.2 Å². The van der Waals surface area contributed by atoms with E-state index in [9.17, 15) is 19.8 Å². The largest absolute Gasteiger partial charge is 0.480 e. The summed E-state index contributed by atoms with van der Waals surface area (Å²) in [5.74, 6) is -4.81. The second-order valence-electron chi connectivity index (χ2n) is 25.4. The molecule has 0 radical (unpaired) electrons. The maximum atomic E-state index is 15.1. The number of carboxylic acid groups (broad SMARTS) is 2. The second-order valence-corrected chi connectivity index (χ2v) is 25.4. The molecule has 0 aliphatic carbocycles. The van der Waals surface area contributed by atoms with E-state index < -0.39 is 48.7 Å². The summed E-state index contributed by atoms with van der Waals surface area (Å²) in [4.78, 5) is 86.7. The van der Waals surface area contributed by atoms with Crippen molar-refractivity contribution in [2.75, 3.05) is 13.1 Å². The van der Waals surface area contributed by atoms with Gasteiger partial charge in [0, 0.05) is 43.1 Å². The Kier molecular flexibility index (Phi) is 12.8. The third-order valence-corrected chi connectivity index (χ3v) is 15.4. The van der Waals surface area contributed by atoms with Gasteiger partial charge in [0.15, 0.2) is 0 Å². The van der Waals surface area contributed by atoms with Crippen molar-refractivity contribution < 1.29 is 57.9 Å². The molecule has 2 aliphatic heterocycles. The molecule has 2 N–H and O–H groups in total. The van der Waals surface area contributed by atoms with Gasteiger partial charge in [-0.15, -0.1) is 0 Å². The average Bonchev–Trinajstić information content (AvgIpc) is 0.744. The monoisotopic (exact) mass is 1100 g/mol. The summed E-state index contributed by atoms with van der Waals surface area (Å²) in [6.45, 7) is 23.1. The Morgan fingerprint density at radius 3 is 0.695 bits per heavy atom. The summed E-state index contributed by atoms with van der Waals surface area (Å²) in [6, 6.07) is 35.7. The summed E-state index contributed by atoms with van der Waals surface area (Å²) < 4.78 is 28.1. The van der Waals surface area contributed by atoms with Crippen LogP contribution < -0.4 is 18.9 Å². The first-order chi connectivity index (χ1) is 38.5. The Morgan fingerprint density at radius 1 is 0.329 bits per heavy atom. The molecule has 0 bridgehead atoms. The number of hydrogen-bond acceptors (Lipinski definition) is 10. The minimum atomic E-state index is -1.42. The zero-order chi connectivity index (χ0) is 58.9. The van der Waals surface area contributed by atoms with E-state index in [1.165, 1.54) is 24.3 Å². The molecule has 0 saturated heterocycles. The molecule has 14 nitrogen and oxygen atoms in total. The number of carboxylic acids is 2. The first-order valence-electron chi connectivity index (χ1n) is 27.1. The van der Waals surface area contributed by atoms with Gasteiger partial charge in [0.2, 0.25) is 0 Å². The molecule has 9 aromatic rings. The second kappa shape index (κ2) is 19.2. The van der Waals surface area contributed by atoms with Crippen LogP contribution in [-0.4, -0.2) is 68.7 Å². The van der Waals surface area contributed by atoms with Crippen LogP contribution in [0, 0.1) is 0 Å². The Morgan fingerprint density at radius 2 is 0.524 bits per heavy atom. The van der Waals surface area contributed by atoms with Crippen molar-refractivity contribution >= 4 is 78.7 Å². The van der Waals surface area contributed by atoms with E-state index in [1.807, 2.05) is 48.5 Å². The summed E-state index contributed by atoms with van der Waals surface area (Å²) in [5.41, 5.74) is 2.86. The third kappa shape index (κ3) is 9.44. The highest BCUT2D eigenvalue weighted by molar-refractivity contribution is 6.45. The van der Waals surface area contributed by atoms with Gasteiger partial charge in [-0.3, -0.25) is 38.6 Å². The first-order valence-corrected chi connectivity index (χ1v) is 27.1. The molecule has 0 saturated carbocycles. The number of carbonyl (C=O) groups is 6. The van der Waals surface area contributed by atoms with Crippen molar-refractivity contribution in [2.24, 2.45) is 0 Å². The van der Waals surface area contributed by atoms with Gasteiger partial charge in [-0.25, -0.2) is 0 Å². The number of carbonyl (C=O) groups excluding carboxylic acids is 4. The zero-order valence-corrected chi connectivity index (χ0v) is 47.8. The molecule has 0 spiro atoms. The number of nitrogens with zero attached hydrogens (tertiary/aromatic N) is 2. The lowest BCUT2D eigenvalue weighted by molar-refractivity contribution is -0.138. The van der Waals surface area contributed by atoms with Crippen LogP contribution in [0.2, 0.25) is 0 Å². The lowest BCUT2D eigenvalue weighted by atomic mass is 9.80. The smallest absolute Gasteiger partial charge is 0.323 e. The molecule has 4 amide bonds. The van der Waals surface area contributed by atoms with Crippen LogP contribution in [0.15, 0.2) is 121 Å². The van der Waals surface area contributed by atoms with Gasteiger partial charge in [0.05, 0.1) is 22.3 Å². The van der Waals surface area contributed by atoms with Gasteiger partial charge in [0.25, 0.3) is 23.6 Å². The molecule has 0 atom stereocenters. The summed E-state index contributed by atoms with van der Waals surface area (Å²) >= 11 is 0. The van der Waals surface area contributed by atoms with Crippen LogP contribution in [-0.2, 0) is 31.2 Å². The molecule has 14 heteroatoms. The Labute approximate surface area is 474 Å². The van der Waals surface area contributed by atoms with E-state index in [2.05, 4.69) is 83.1 Å². The van der Waals surface area contributed by atoms with Crippen molar-refractivity contribution in [2.45, 2.75) is 105 Å². The molecular weight excluding hydrogens is 1040 g/mol. The fourth-order valence-corrected chi connectivity index (χ4v) is 11.1. The van der Waals surface area contributed by atoms with E-state index >= 15 is 19.2 Å². The van der Waals surface area contributed by atoms with E-state index in [0.29, 0.717) is 32.8 Å². The normalized spacial score (nSPS) is 14.0. The van der Waals surface area contributed by atoms with Gasteiger partial charge in [-0.05, 0) is 117 Å². The zero-order valence-electron chi connectivity index (χ0n) is 47.8. The van der Waals surface area contributed by atoms with Crippen molar-refractivity contribution in [3.05, 3.63) is 166 Å². The average molecular weight is 1100 g/mol. The topological polar surface area (TPSA) is 186 Å². The van der Waals surface area contributed by atoms with Crippen LogP contribution in [0.25, 0.3) is 43.1 Å². The van der Waals surface area contributed by atoms with Crippen LogP contribution >= 0.6 is 0 Å². The number of ether oxygens (including phenoxy) is 4. The highest BCUT2D eigenvalue weighted by atomic mass is 16.5. The molecule has 11 rings (SSSR count). The maximum absolute atomic E-state index is 15.1. The van der Waals surface area contributed by atoms with Gasteiger partial charge in [-0.1, -0.05) is 132 Å². The SMILES string of the molecule is CC(C)(C)c1ccc(Oc2cc3c4c(cc(Oc5ccc(C(C)(C)C)cc5)c5c6c(Oc7ccc(C(C)(C)C)cc7)cc7c8c(cc(Oc9ccc(C(C)(C)C)cc9)c(c2c45)c86)C(=O)N(CC(=O)O)C7=O)C(=O)N(CC(=O)O)C3=O)cc1. The lowest BCUT2D eigenvalue weighted by Gasteiger charge is -2.32. The van der Waals surface area contributed by atoms with Crippen molar-refractivity contribution in [1.82, 2.24) is 9.80 Å². The van der Waals surface area contributed by atoms with Crippen molar-refractivity contribution in [3.8, 4) is 46.0 Å². The molecule has 82 heavy (non-hydrogen) atoms. The number of imide groups is 2. The molecular formula is C68H62N2O12. The highest BCUT2D eigenvalue weighted by Gasteiger charge is 2.42. The Balaban J connectivity index is 1.37. The quantitative estimate of drug-likeness (QED) is 0.0671. The number of benzene rings is 9. The molecule has 416 valence electrons. The predicted molar refractivity (Wildman–Crippen MR) is 315 cm³/mol. The van der Waals surface area contributed by atoms with Crippen LogP contribution in [0.5, 0.6) is 46.0 Å². The molecule has 0 aromatic heterocycles. The van der Waals surface area contributed by atoms with Gasteiger partial charge in [-0.2, -0.15) is 0 Å². The third-order valence-electron chi connectivity index (χ3n) is 15.4. The molecule has 2 aliphatic rings. The number of amides is 4. The standard InChI is InChI=1S/C68H62N2O12/c1-65(2,3)35-13-21-39(22-14-35)79-47-29-43-53-44(62(76)69(61(43)75)33-51(71)72)31-49(81-41-25-17-37(18-26-41)67(7,8)9)57-58-50(82-42-27-19-38(20-28-42)68(10,11)12)32-46-54-45(63(77)70(64(46)78)34-52(73)74)30-48(56(60(54)58)55(47)59(53)57)80-40-23-15-36(16-24-40)66(4,5)6/h13-32H,33-34H2,1-12H3,(H,71,72)(H,73,74). The van der Waals surface area contributed by atoms with Crippen molar-refractivity contribution in [3.63, 3.8) is 0 Å². The minimum absolute atomic E-state index is 0.0533. The molecule has 0 unspecified atom stereocenters. The summed E-state index contributed by atoms with van der Waals surface area (Å²) in [7, 11) is 0.